The fourth-order valence-corrected chi connectivity index (χ4v) is 11.6. The molecule has 0 spiro atoms. The Balaban J connectivity index is 0.000000327. The molecule has 6 atom stereocenters. The first-order valence-electron chi connectivity index (χ1n) is 24.4. The molecule has 6 aromatic rings. The van der Waals surface area contributed by atoms with Gasteiger partial charge in [-0.3, -0.25) is 0 Å². The fourth-order valence-electron chi connectivity index (χ4n) is 6.65. The topological polar surface area (TPSA) is 199 Å². The number of rotatable bonds is 24. The summed E-state index contributed by atoms with van der Waals surface area (Å²) in [7, 11) is -12.3. The Labute approximate surface area is 502 Å². The van der Waals surface area contributed by atoms with Crippen molar-refractivity contribution < 1.29 is 139 Å². The van der Waals surface area contributed by atoms with Crippen LogP contribution in [0.5, 0.6) is 17.2 Å². The summed E-state index contributed by atoms with van der Waals surface area (Å²) in [6.45, 7) is -1.02. The summed E-state index contributed by atoms with van der Waals surface area (Å²) >= 11 is 0. The standard InChI is InChI=1S/C27H24F8O7S2.C24H23F4O3S.C3H3F5O4S/c1-24(27(33,34)35,41-17-39-2)16-40-18-8-12-21(13-9-18)43(20-6-4-3-5-7-20)22-14-10-19(11-15-22)42-23(25(28,29)30)26(31,32)44(36,37)38;1-23(24(26,27)28,31-17-29-2)16-30-19-10-14-22(15-11-19)32(20-6-4-3-5-7-20)21-12-8-18(25)9-13-21;4-2(5,6)1(9)3(7,8)13(10,11)12/h3-15,23H,16-17H2,1-2H3;3-15H,16-17H2,1-2H3;1,9H,(H,10,11,12)/q;+1;/p-1. The number of benzene rings is 6. The third kappa shape index (κ3) is 20.4. The molecule has 6 unspecified atom stereocenters. The Morgan fingerprint density at radius 1 is 0.438 bits per heavy atom. The zero-order chi connectivity index (χ0) is 67.2. The summed E-state index contributed by atoms with van der Waals surface area (Å²) in [5.41, 5.74) is -5.18. The first-order valence-corrected chi connectivity index (χ1v) is 29.6. The van der Waals surface area contributed by atoms with Gasteiger partial charge in [0.05, 0.1) is 21.8 Å². The van der Waals surface area contributed by atoms with Gasteiger partial charge < -0.3 is 47.4 Å². The summed E-state index contributed by atoms with van der Waals surface area (Å²) < 4.78 is 315. The summed E-state index contributed by atoms with van der Waals surface area (Å²) in [4.78, 5) is 4.61. The van der Waals surface area contributed by atoms with E-state index >= 15 is 0 Å². The van der Waals surface area contributed by atoms with Crippen molar-refractivity contribution in [3.8, 4) is 17.2 Å². The molecule has 6 rings (SSSR count). The fraction of sp³-hybridized carbons (Fsp3) is 0.333. The van der Waals surface area contributed by atoms with E-state index < -0.39 is 133 Å². The third-order valence-electron chi connectivity index (χ3n) is 11.6. The van der Waals surface area contributed by atoms with Crippen LogP contribution in [0.2, 0.25) is 0 Å². The third-order valence-corrected chi connectivity index (χ3v) is 17.8. The molecule has 0 saturated heterocycles. The van der Waals surface area contributed by atoms with Crippen LogP contribution in [0, 0.1) is 5.82 Å². The summed E-state index contributed by atoms with van der Waals surface area (Å²) in [5, 5.41) is -3.79. The lowest BCUT2D eigenvalue weighted by molar-refractivity contribution is -0.296. The van der Waals surface area contributed by atoms with E-state index in [1.807, 2.05) is 30.3 Å². The van der Waals surface area contributed by atoms with Crippen LogP contribution in [0.3, 0.4) is 0 Å². The highest BCUT2D eigenvalue weighted by Crippen LogP contribution is 2.42. The number of hydrogen-bond donors (Lipinski definition) is 1. The number of ether oxygens (including phenoxy) is 7. The number of aliphatic hydroxyl groups excluding tert-OH is 1. The Morgan fingerprint density at radius 2 is 0.730 bits per heavy atom. The van der Waals surface area contributed by atoms with E-state index in [0.717, 1.165) is 40.7 Å². The molecule has 492 valence electrons. The molecule has 0 aliphatic heterocycles. The van der Waals surface area contributed by atoms with Crippen LogP contribution in [0.1, 0.15) is 13.8 Å². The maximum absolute atomic E-state index is 13.9. The number of hydrogen-bond acceptors (Lipinski definition) is 14. The predicted octanol–water partition coefficient (Wildman–Crippen LogP) is 12.8. The second-order valence-electron chi connectivity index (χ2n) is 18.3. The van der Waals surface area contributed by atoms with Crippen LogP contribution < -0.4 is 14.2 Å². The molecule has 0 aromatic heterocycles. The highest BCUT2D eigenvalue weighted by atomic mass is 32.2. The van der Waals surface area contributed by atoms with E-state index in [0.29, 0.717) is 14.7 Å². The summed E-state index contributed by atoms with van der Waals surface area (Å²) in [5.74, 6) is -0.764. The van der Waals surface area contributed by atoms with Crippen molar-refractivity contribution in [2.24, 2.45) is 0 Å². The lowest BCUT2D eigenvalue weighted by Crippen LogP contribution is -2.53. The van der Waals surface area contributed by atoms with Gasteiger partial charge in [-0.1, -0.05) is 36.4 Å². The van der Waals surface area contributed by atoms with E-state index in [-0.39, 0.29) is 17.3 Å². The van der Waals surface area contributed by atoms with E-state index in [2.05, 4.69) is 14.2 Å². The van der Waals surface area contributed by atoms with Crippen LogP contribution >= 0.6 is 0 Å². The largest absolute Gasteiger partial charge is 0.743 e. The minimum Gasteiger partial charge on any atom is -0.743 e. The molecule has 0 fully saturated rings. The zero-order valence-corrected chi connectivity index (χ0v) is 49.1. The van der Waals surface area contributed by atoms with Crippen LogP contribution in [0.15, 0.2) is 187 Å². The van der Waals surface area contributed by atoms with Crippen LogP contribution in [-0.4, -0.2) is 131 Å². The van der Waals surface area contributed by atoms with Crippen molar-refractivity contribution in [3.05, 3.63) is 164 Å². The molecule has 89 heavy (non-hydrogen) atoms. The van der Waals surface area contributed by atoms with Gasteiger partial charge in [-0.05, 0) is 135 Å². The maximum atomic E-state index is 13.9. The molecular formula is C54H49F17O14S4. The van der Waals surface area contributed by atoms with E-state index in [9.17, 15) is 101 Å². The average Bonchev–Trinajstić information content (AvgIpc) is 0.983. The first kappa shape index (κ1) is 75.3. The van der Waals surface area contributed by atoms with E-state index in [1.54, 1.807) is 78.9 Å². The minimum absolute atomic E-state index is 0.0676. The monoisotopic (exact) mass is 1370 g/mol. The van der Waals surface area contributed by atoms with Gasteiger partial charge in [0.15, 0.2) is 60.8 Å². The predicted molar refractivity (Wildman–Crippen MR) is 281 cm³/mol. The zero-order valence-electron chi connectivity index (χ0n) is 45.8. The molecule has 0 bridgehead atoms. The number of alkyl halides is 16. The van der Waals surface area contributed by atoms with Crippen LogP contribution in [0.25, 0.3) is 0 Å². The van der Waals surface area contributed by atoms with E-state index in [1.165, 1.54) is 50.6 Å². The van der Waals surface area contributed by atoms with E-state index in [4.69, 9.17) is 24.1 Å². The molecule has 0 saturated carbocycles. The quantitative estimate of drug-likeness (QED) is 0.0260. The molecule has 6 aromatic carbocycles. The molecule has 0 amide bonds. The molecule has 0 radical (unpaired) electrons. The first-order chi connectivity index (χ1) is 40.9. The van der Waals surface area contributed by atoms with Crippen molar-refractivity contribution in [2.45, 2.75) is 102 Å². The number of aliphatic hydroxyl groups is 1. The highest BCUT2D eigenvalue weighted by Gasteiger charge is 2.63. The molecule has 1 N–H and O–H groups in total. The van der Waals surface area contributed by atoms with Crippen LogP contribution in [0.4, 0.5) is 74.6 Å². The Bertz CT molecular complexity index is 3370. The lowest BCUT2D eigenvalue weighted by Gasteiger charge is -2.31. The Hall–Kier alpha value is -6.15. The minimum atomic E-state index is -6.73. The molecule has 0 aliphatic rings. The number of halogens is 17. The molecule has 14 nitrogen and oxygen atoms in total. The molecule has 0 heterocycles. The van der Waals surface area contributed by atoms with Crippen molar-refractivity contribution >= 4 is 42.0 Å². The molecule has 35 heteroatoms. The summed E-state index contributed by atoms with van der Waals surface area (Å²) in [6, 6.07) is 41.7. The van der Waals surface area contributed by atoms with Gasteiger partial charge in [-0.15, -0.1) is 0 Å². The van der Waals surface area contributed by atoms with Gasteiger partial charge in [0.1, 0.15) is 49.9 Å². The highest BCUT2D eigenvalue weighted by molar-refractivity contribution is 7.97. The van der Waals surface area contributed by atoms with Crippen molar-refractivity contribution in [1.82, 2.24) is 0 Å². The van der Waals surface area contributed by atoms with Gasteiger partial charge in [0.2, 0.25) is 6.10 Å². The smallest absolute Gasteiger partial charge is 0.432 e. The van der Waals surface area contributed by atoms with Gasteiger partial charge >= 0.3 is 35.2 Å². The summed E-state index contributed by atoms with van der Waals surface area (Å²) in [6.07, 6.45) is -30.0. The van der Waals surface area contributed by atoms with Crippen molar-refractivity contribution in [1.29, 1.82) is 0 Å². The average molecular weight is 1370 g/mol. The second kappa shape index (κ2) is 30.3. The van der Waals surface area contributed by atoms with Gasteiger partial charge in [-0.2, -0.15) is 70.2 Å². The van der Waals surface area contributed by atoms with Crippen molar-refractivity contribution in [2.75, 3.05) is 41.0 Å². The molecule has 0 aliphatic carbocycles. The Kier molecular flexibility index (Phi) is 25.7. The maximum Gasteiger partial charge on any atom is 0.432 e. The SMILES string of the molecule is COCOC(C)(COc1ccc([S+](c2ccccc2)c2ccc(F)cc2)cc1)C(F)(F)F.COCOC(C)(COc1ccc([S+](c2ccccc2)c2ccc(OC(C(F)(F)F)C(F)(F)S(=O)(=O)[O-])cc2)cc1)C(F)(F)F.O=S(=O)([O-])C(F)(F)C(O)C(F)(F)F. The van der Waals surface area contributed by atoms with Gasteiger partial charge in [-0.25, -0.2) is 21.2 Å². The normalized spacial score (nSPS) is 15.5. The van der Waals surface area contributed by atoms with Gasteiger partial charge in [0.25, 0.3) is 6.10 Å². The van der Waals surface area contributed by atoms with Gasteiger partial charge in [0, 0.05) is 14.2 Å². The van der Waals surface area contributed by atoms with Crippen LogP contribution in [-0.2, 0) is 61.0 Å². The molecular weight excluding hydrogens is 1320 g/mol. The Morgan fingerprint density at radius 3 is 0.989 bits per heavy atom. The number of methoxy groups -OCH3 is 2. The van der Waals surface area contributed by atoms with Crippen molar-refractivity contribution in [3.63, 3.8) is 0 Å². The second-order valence-corrected chi connectivity index (χ2v) is 25.2. The lowest BCUT2D eigenvalue weighted by atomic mass is 10.1.